The van der Waals surface area contributed by atoms with Crippen LogP contribution in [-0.4, -0.2) is 66.9 Å². The summed E-state index contributed by atoms with van der Waals surface area (Å²) >= 11 is 0. The minimum atomic E-state index is -0.927. The van der Waals surface area contributed by atoms with Gasteiger partial charge < -0.3 is 29.2 Å². The van der Waals surface area contributed by atoms with E-state index in [-0.39, 0.29) is 43.4 Å². The Morgan fingerprint density at radius 2 is 1.60 bits per heavy atom. The number of aliphatic hydroxyl groups is 2. The minimum Gasteiger partial charge on any atom is -0.491 e. The molecule has 0 amide bonds. The molecular weight excluding hydrogens is 512 g/mol. The molecular formula is C32H46O8. The van der Waals surface area contributed by atoms with Gasteiger partial charge in [-0.05, 0) is 56.3 Å². The lowest BCUT2D eigenvalue weighted by atomic mass is 9.52. The van der Waals surface area contributed by atoms with Crippen LogP contribution in [0, 0.1) is 10.8 Å². The van der Waals surface area contributed by atoms with E-state index in [0.717, 1.165) is 44.3 Å². The molecule has 0 aromatic rings. The number of esters is 2. The van der Waals surface area contributed by atoms with Crippen molar-refractivity contribution in [1.29, 1.82) is 0 Å². The number of ether oxygens (including phenoxy) is 4. The van der Waals surface area contributed by atoms with E-state index < -0.39 is 24.1 Å². The second-order valence-electron chi connectivity index (χ2n) is 10.6. The molecule has 4 unspecified atom stereocenters. The zero-order valence-corrected chi connectivity index (χ0v) is 24.2. The van der Waals surface area contributed by atoms with Crippen LogP contribution in [0.1, 0.15) is 59.3 Å². The summed E-state index contributed by atoms with van der Waals surface area (Å²) in [5.74, 6) is -0.469. The normalized spacial score (nSPS) is 23.0. The Kier molecular flexibility index (Phi) is 13.6. The quantitative estimate of drug-likeness (QED) is 0.156. The van der Waals surface area contributed by atoms with Gasteiger partial charge in [0.2, 0.25) is 0 Å². The zero-order valence-electron chi connectivity index (χ0n) is 24.2. The van der Waals surface area contributed by atoms with E-state index in [1.54, 1.807) is 0 Å². The van der Waals surface area contributed by atoms with E-state index in [0.29, 0.717) is 5.76 Å². The molecule has 0 radical (unpaired) electrons. The van der Waals surface area contributed by atoms with Gasteiger partial charge in [-0.15, -0.1) is 0 Å². The summed E-state index contributed by atoms with van der Waals surface area (Å²) in [5, 5.41) is 20.1. The van der Waals surface area contributed by atoms with Crippen LogP contribution in [0.25, 0.3) is 0 Å². The molecule has 4 atom stereocenters. The average Bonchev–Trinajstić information content (AvgIpc) is 2.97. The Morgan fingerprint density at radius 3 is 2.12 bits per heavy atom. The van der Waals surface area contributed by atoms with E-state index in [9.17, 15) is 19.8 Å². The molecule has 2 aliphatic rings. The van der Waals surface area contributed by atoms with Crippen LogP contribution in [0.4, 0.5) is 0 Å². The van der Waals surface area contributed by atoms with E-state index in [1.807, 2.05) is 19.1 Å². The van der Waals surface area contributed by atoms with Crippen LogP contribution in [0.2, 0.25) is 0 Å². The minimum absolute atomic E-state index is 0.0224. The van der Waals surface area contributed by atoms with E-state index in [1.165, 1.54) is 12.0 Å². The average molecular weight is 559 g/mol. The maximum atomic E-state index is 11.2. The lowest BCUT2D eigenvalue weighted by Gasteiger charge is -2.51. The summed E-state index contributed by atoms with van der Waals surface area (Å²) in [7, 11) is 0. The van der Waals surface area contributed by atoms with Crippen molar-refractivity contribution >= 4 is 11.9 Å². The highest BCUT2D eigenvalue weighted by Gasteiger charge is 2.48. The van der Waals surface area contributed by atoms with Crippen LogP contribution in [0.5, 0.6) is 0 Å². The number of allylic oxidation sites excluding steroid dienone is 6. The first-order valence-corrected chi connectivity index (χ1v) is 14.0. The van der Waals surface area contributed by atoms with Crippen molar-refractivity contribution in [2.45, 2.75) is 77.6 Å². The Hall–Kier alpha value is -2.94. The molecule has 2 N–H and O–H groups in total. The Balaban J connectivity index is 2.03. The molecule has 2 rings (SSSR count). The standard InChI is InChI=1S/C32H46O8/c1-6-25(13-12-24(4)37-20-26(33)22-39-29(35)7-2)32(16-10-9-11-17-32)31(5)18-14-28(15-19-31)38-21-27(34)23-40-30(36)8-3/h6-8,12-15,18,24,26-27,33-34H,2-3,9-11,16-17,19-23H2,1,4-5H3/b13-12-,25-6+. The van der Waals surface area contributed by atoms with E-state index >= 15 is 0 Å². The summed E-state index contributed by atoms with van der Waals surface area (Å²) in [6.45, 7) is 12.7. The third kappa shape index (κ3) is 9.61. The van der Waals surface area contributed by atoms with Crippen LogP contribution in [-0.2, 0) is 28.5 Å². The van der Waals surface area contributed by atoms with Gasteiger partial charge in [0, 0.05) is 17.6 Å². The summed E-state index contributed by atoms with van der Waals surface area (Å²) < 4.78 is 21.3. The van der Waals surface area contributed by atoms with Gasteiger partial charge >= 0.3 is 11.9 Å². The lowest BCUT2D eigenvalue weighted by molar-refractivity contribution is -0.142. The van der Waals surface area contributed by atoms with Crippen LogP contribution < -0.4 is 0 Å². The van der Waals surface area contributed by atoms with Crippen molar-refractivity contribution in [3.8, 4) is 0 Å². The molecule has 0 bridgehead atoms. The SMILES string of the molecule is C=CC(=O)OCC(O)COC1=CCC(C)(C2(C(/C=C\C(C)OCC(O)COC(=O)C=C)=C/C)CCCCC2)C=C1. The topological polar surface area (TPSA) is 112 Å². The van der Waals surface area contributed by atoms with Gasteiger partial charge in [-0.3, -0.25) is 0 Å². The first-order valence-electron chi connectivity index (χ1n) is 14.0. The van der Waals surface area contributed by atoms with Crippen molar-refractivity contribution in [3.05, 3.63) is 73.1 Å². The molecule has 0 aliphatic heterocycles. The zero-order chi connectivity index (χ0) is 29.6. The summed E-state index contributed by atoms with van der Waals surface area (Å²) in [5.41, 5.74) is 1.05. The molecule has 0 heterocycles. The Bertz CT molecular complexity index is 985. The van der Waals surface area contributed by atoms with Gasteiger partial charge in [-0.25, -0.2) is 9.59 Å². The van der Waals surface area contributed by atoms with Crippen molar-refractivity contribution in [2.75, 3.05) is 26.4 Å². The fraction of sp³-hybridized carbons (Fsp3) is 0.562. The molecule has 8 heteroatoms. The predicted octanol–water partition coefficient (Wildman–Crippen LogP) is 4.89. The molecule has 40 heavy (non-hydrogen) atoms. The lowest BCUT2D eigenvalue weighted by Crippen LogP contribution is -2.42. The number of hydrogen-bond acceptors (Lipinski definition) is 8. The number of aliphatic hydroxyl groups excluding tert-OH is 2. The molecule has 222 valence electrons. The fourth-order valence-electron chi connectivity index (χ4n) is 5.37. The molecule has 0 saturated heterocycles. The first-order chi connectivity index (χ1) is 19.1. The molecule has 1 saturated carbocycles. The first kappa shape index (κ1) is 33.3. The third-order valence-corrected chi connectivity index (χ3v) is 7.72. The van der Waals surface area contributed by atoms with Gasteiger partial charge in [0.25, 0.3) is 0 Å². The van der Waals surface area contributed by atoms with Crippen LogP contribution in [0.3, 0.4) is 0 Å². The molecule has 0 spiro atoms. The monoisotopic (exact) mass is 558 g/mol. The van der Waals surface area contributed by atoms with Gasteiger partial charge in [0.05, 0.1) is 12.7 Å². The predicted molar refractivity (Wildman–Crippen MR) is 154 cm³/mol. The number of carbonyl (C=O) groups excluding carboxylic acids is 2. The van der Waals surface area contributed by atoms with Crippen molar-refractivity contribution in [3.63, 3.8) is 0 Å². The highest BCUT2D eigenvalue weighted by Crippen LogP contribution is 2.58. The Labute approximate surface area is 238 Å². The molecule has 1 fully saturated rings. The molecule has 8 nitrogen and oxygen atoms in total. The van der Waals surface area contributed by atoms with Gasteiger partial charge in [0.15, 0.2) is 0 Å². The van der Waals surface area contributed by atoms with Crippen LogP contribution in [0.15, 0.2) is 73.1 Å². The highest BCUT2D eigenvalue weighted by molar-refractivity contribution is 5.81. The van der Waals surface area contributed by atoms with E-state index in [4.69, 9.17) is 18.9 Å². The number of hydrogen-bond donors (Lipinski definition) is 2. The van der Waals surface area contributed by atoms with Gasteiger partial charge in [-0.1, -0.05) is 63.6 Å². The van der Waals surface area contributed by atoms with Crippen molar-refractivity contribution in [1.82, 2.24) is 0 Å². The van der Waals surface area contributed by atoms with Gasteiger partial charge in [0.1, 0.15) is 37.8 Å². The maximum absolute atomic E-state index is 11.2. The molecule has 0 aromatic heterocycles. The van der Waals surface area contributed by atoms with Crippen molar-refractivity contribution < 1.29 is 38.7 Å². The smallest absolute Gasteiger partial charge is 0.330 e. The summed E-state index contributed by atoms with van der Waals surface area (Å²) in [6.07, 6.45) is 19.1. The second-order valence-corrected chi connectivity index (χ2v) is 10.6. The maximum Gasteiger partial charge on any atom is 0.330 e. The second kappa shape index (κ2) is 16.4. The number of carbonyl (C=O) groups is 2. The fourth-order valence-corrected chi connectivity index (χ4v) is 5.37. The van der Waals surface area contributed by atoms with Crippen LogP contribution >= 0.6 is 0 Å². The summed E-state index contributed by atoms with van der Waals surface area (Å²) in [4.78, 5) is 22.4. The third-order valence-electron chi connectivity index (χ3n) is 7.72. The molecule has 2 aliphatic carbocycles. The number of rotatable bonds is 16. The Morgan fingerprint density at radius 1 is 1.00 bits per heavy atom. The molecule has 0 aromatic carbocycles. The van der Waals surface area contributed by atoms with Gasteiger partial charge in [-0.2, -0.15) is 0 Å². The summed E-state index contributed by atoms with van der Waals surface area (Å²) in [6, 6.07) is 0. The largest absolute Gasteiger partial charge is 0.491 e. The highest BCUT2D eigenvalue weighted by atomic mass is 16.6. The van der Waals surface area contributed by atoms with E-state index in [2.05, 4.69) is 51.3 Å². The van der Waals surface area contributed by atoms with Crippen molar-refractivity contribution in [2.24, 2.45) is 10.8 Å².